The quantitative estimate of drug-likeness (QED) is 0.567. The van der Waals surface area contributed by atoms with Gasteiger partial charge in [0.15, 0.2) is 0 Å². The molecule has 2 fully saturated rings. The Hall–Kier alpha value is -1.43. The van der Waals surface area contributed by atoms with Gasteiger partial charge in [-0.1, -0.05) is 0 Å². The molecule has 6 heteroatoms. The van der Waals surface area contributed by atoms with Gasteiger partial charge in [-0.2, -0.15) is 0 Å². The molecular formula is C10H15N3O3. The summed E-state index contributed by atoms with van der Waals surface area (Å²) < 4.78 is 0. The molecule has 0 radical (unpaired) electrons. The molecule has 2 heterocycles. The second-order valence-corrected chi connectivity index (χ2v) is 4.35. The highest BCUT2D eigenvalue weighted by molar-refractivity contribution is 6.05. The summed E-state index contributed by atoms with van der Waals surface area (Å²) in [5.74, 6) is -0.364. The Kier molecular flexibility index (Phi) is 2.91. The lowest BCUT2D eigenvalue weighted by Gasteiger charge is -2.31. The van der Waals surface area contributed by atoms with Gasteiger partial charge in [0.1, 0.15) is 0 Å². The van der Waals surface area contributed by atoms with Crippen molar-refractivity contribution < 1.29 is 14.4 Å². The van der Waals surface area contributed by atoms with E-state index in [0.717, 1.165) is 6.42 Å². The Morgan fingerprint density at radius 2 is 2.12 bits per heavy atom. The minimum Gasteiger partial charge on any atom is -0.344 e. The van der Waals surface area contributed by atoms with Gasteiger partial charge in [0.25, 0.3) is 0 Å². The zero-order chi connectivity index (χ0) is 11.7. The molecule has 0 aromatic rings. The van der Waals surface area contributed by atoms with Crippen LogP contribution in [0.2, 0.25) is 0 Å². The zero-order valence-corrected chi connectivity index (χ0v) is 9.16. The fraction of sp³-hybridized carbons (Fsp3) is 0.700. The van der Waals surface area contributed by atoms with E-state index in [1.807, 2.05) is 0 Å². The number of likely N-dealkylation sites (N-methyl/N-ethyl adjacent to an activating group) is 1. The number of nitrogens with one attached hydrogen (secondary N) is 2. The first-order chi connectivity index (χ1) is 7.56. The molecule has 0 aliphatic carbocycles. The molecule has 2 aliphatic heterocycles. The van der Waals surface area contributed by atoms with Gasteiger partial charge in [-0.05, 0) is 6.42 Å². The molecule has 2 atom stereocenters. The van der Waals surface area contributed by atoms with Crippen molar-refractivity contribution in [3.05, 3.63) is 0 Å². The van der Waals surface area contributed by atoms with Crippen LogP contribution in [0.4, 0.5) is 0 Å². The van der Waals surface area contributed by atoms with E-state index in [2.05, 4.69) is 10.6 Å². The van der Waals surface area contributed by atoms with Gasteiger partial charge in [-0.3, -0.25) is 19.7 Å². The van der Waals surface area contributed by atoms with E-state index >= 15 is 0 Å². The summed E-state index contributed by atoms with van der Waals surface area (Å²) in [4.78, 5) is 35.2. The topological polar surface area (TPSA) is 78.5 Å². The molecule has 2 rings (SSSR count). The second kappa shape index (κ2) is 4.21. The van der Waals surface area contributed by atoms with Gasteiger partial charge >= 0.3 is 0 Å². The van der Waals surface area contributed by atoms with Crippen LogP contribution in [-0.4, -0.2) is 48.3 Å². The molecule has 2 N–H and O–H groups in total. The largest absolute Gasteiger partial charge is 0.344 e. The molecule has 0 bridgehead atoms. The zero-order valence-electron chi connectivity index (χ0n) is 9.16. The molecule has 0 spiro atoms. The smallest absolute Gasteiger partial charge is 0.244 e. The molecule has 0 unspecified atom stereocenters. The van der Waals surface area contributed by atoms with Crippen LogP contribution in [0, 0.1) is 0 Å². The summed E-state index contributed by atoms with van der Waals surface area (Å²) in [5.41, 5.74) is 0. The van der Waals surface area contributed by atoms with Gasteiger partial charge in [0.05, 0.1) is 12.5 Å². The van der Waals surface area contributed by atoms with Crippen molar-refractivity contribution in [2.24, 2.45) is 0 Å². The molecule has 16 heavy (non-hydrogen) atoms. The molecule has 2 saturated heterocycles. The number of nitrogens with zero attached hydrogens (tertiary/aromatic N) is 1. The Balaban J connectivity index is 1.88. The summed E-state index contributed by atoms with van der Waals surface area (Å²) in [7, 11) is 1.75. The standard InChI is InChI=1S/C10H15N3O3/c1-13-5-6(2-3-9(13)15)11-7-4-8(14)12-10(7)16/h6-7,11H,2-5H2,1H3,(H,12,14,16)/t6-,7+/m0/s1. The lowest BCUT2D eigenvalue weighted by Crippen LogP contribution is -2.51. The van der Waals surface area contributed by atoms with Crippen LogP contribution in [0.3, 0.4) is 0 Å². The van der Waals surface area contributed by atoms with Gasteiger partial charge in [-0.25, -0.2) is 0 Å². The number of amides is 3. The fourth-order valence-electron chi connectivity index (χ4n) is 2.12. The summed E-state index contributed by atoms with van der Waals surface area (Å²) >= 11 is 0. The first kappa shape index (κ1) is 11.1. The first-order valence-corrected chi connectivity index (χ1v) is 5.40. The van der Waals surface area contributed by atoms with Crippen LogP contribution in [0.25, 0.3) is 0 Å². The van der Waals surface area contributed by atoms with Crippen molar-refractivity contribution in [1.29, 1.82) is 0 Å². The average molecular weight is 225 g/mol. The van der Waals surface area contributed by atoms with Crippen LogP contribution in [0.15, 0.2) is 0 Å². The maximum atomic E-state index is 11.3. The number of hydrogen-bond donors (Lipinski definition) is 2. The predicted octanol–water partition coefficient (Wildman–Crippen LogP) is -1.39. The van der Waals surface area contributed by atoms with Crippen molar-refractivity contribution in [2.75, 3.05) is 13.6 Å². The SMILES string of the molecule is CN1C[C@@H](N[C@@H]2CC(=O)NC2=O)CCC1=O. The number of carbonyl (C=O) groups is 3. The maximum Gasteiger partial charge on any atom is 0.244 e. The summed E-state index contributed by atoms with van der Waals surface area (Å²) in [6.45, 7) is 0.594. The van der Waals surface area contributed by atoms with Crippen LogP contribution >= 0.6 is 0 Å². The van der Waals surface area contributed by atoms with Crippen molar-refractivity contribution in [2.45, 2.75) is 31.3 Å². The summed E-state index contributed by atoms with van der Waals surface area (Å²) in [6.07, 6.45) is 1.42. The minimum atomic E-state index is -0.431. The van der Waals surface area contributed by atoms with Crippen molar-refractivity contribution in [1.82, 2.24) is 15.5 Å². The van der Waals surface area contributed by atoms with E-state index in [-0.39, 0.29) is 30.2 Å². The van der Waals surface area contributed by atoms with Crippen LogP contribution < -0.4 is 10.6 Å². The first-order valence-electron chi connectivity index (χ1n) is 5.40. The highest BCUT2D eigenvalue weighted by Crippen LogP contribution is 2.12. The maximum absolute atomic E-state index is 11.3. The van der Waals surface area contributed by atoms with Gasteiger partial charge in [-0.15, -0.1) is 0 Å². The third-order valence-electron chi connectivity index (χ3n) is 3.03. The highest BCUT2D eigenvalue weighted by atomic mass is 16.2. The average Bonchev–Trinajstić information content (AvgIpc) is 2.51. The Labute approximate surface area is 93.4 Å². The summed E-state index contributed by atoms with van der Waals surface area (Å²) in [6, 6.07) is -0.330. The van der Waals surface area contributed by atoms with E-state index in [4.69, 9.17) is 0 Å². The number of carbonyl (C=O) groups excluding carboxylic acids is 3. The molecule has 2 aliphatic rings. The molecule has 3 amide bonds. The number of piperidine rings is 1. The molecule has 0 saturated carbocycles. The van der Waals surface area contributed by atoms with Gasteiger partial charge in [0, 0.05) is 26.1 Å². The van der Waals surface area contributed by atoms with Gasteiger partial charge < -0.3 is 10.2 Å². The van der Waals surface area contributed by atoms with Crippen molar-refractivity contribution in [3.63, 3.8) is 0 Å². The minimum absolute atomic E-state index is 0.101. The highest BCUT2D eigenvalue weighted by Gasteiger charge is 2.33. The lowest BCUT2D eigenvalue weighted by molar-refractivity contribution is -0.132. The molecule has 88 valence electrons. The van der Waals surface area contributed by atoms with Crippen molar-refractivity contribution >= 4 is 17.7 Å². The molecule has 0 aromatic heterocycles. The number of hydrogen-bond acceptors (Lipinski definition) is 4. The second-order valence-electron chi connectivity index (χ2n) is 4.35. The number of rotatable bonds is 2. The molecule has 6 nitrogen and oxygen atoms in total. The fourth-order valence-corrected chi connectivity index (χ4v) is 2.12. The normalized spacial score (nSPS) is 30.8. The van der Waals surface area contributed by atoms with Crippen LogP contribution in [-0.2, 0) is 14.4 Å². The summed E-state index contributed by atoms with van der Waals surface area (Å²) in [5, 5.41) is 5.38. The lowest BCUT2D eigenvalue weighted by atomic mass is 10.0. The van der Waals surface area contributed by atoms with E-state index in [1.165, 1.54) is 0 Å². The Morgan fingerprint density at radius 3 is 2.69 bits per heavy atom. The Bertz CT molecular complexity index is 342. The Morgan fingerprint density at radius 1 is 1.38 bits per heavy atom. The van der Waals surface area contributed by atoms with Crippen LogP contribution in [0.5, 0.6) is 0 Å². The van der Waals surface area contributed by atoms with Gasteiger partial charge in [0.2, 0.25) is 17.7 Å². The van der Waals surface area contributed by atoms with E-state index in [9.17, 15) is 14.4 Å². The van der Waals surface area contributed by atoms with E-state index in [0.29, 0.717) is 13.0 Å². The van der Waals surface area contributed by atoms with E-state index in [1.54, 1.807) is 11.9 Å². The third-order valence-corrected chi connectivity index (χ3v) is 3.03. The predicted molar refractivity (Wildman–Crippen MR) is 55.3 cm³/mol. The van der Waals surface area contributed by atoms with E-state index < -0.39 is 6.04 Å². The third kappa shape index (κ3) is 2.21. The van der Waals surface area contributed by atoms with Crippen LogP contribution in [0.1, 0.15) is 19.3 Å². The molecule has 0 aromatic carbocycles. The number of imide groups is 1. The number of likely N-dealkylation sites (tertiary alicyclic amines) is 1. The molecular weight excluding hydrogens is 210 g/mol. The monoisotopic (exact) mass is 225 g/mol. The van der Waals surface area contributed by atoms with Crippen molar-refractivity contribution in [3.8, 4) is 0 Å².